The van der Waals surface area contributed by atoms with E-state index in [0.717, 1.165) is 23.6 Å². The predicted octanol–water partition coefficient (Wildman–Crippen LogP) is 2.86. The number of nitro groups is 1. The van der Waals surface area contributed by atoms with E-state index in [9.17, 15) is 25.1 Å². The number of para-hydroxylation sites is 2. The fourth-order valence-electron chi connectivity index (χ4n) is 3.24. The van der Waals surface area contributed by atoms with Gasteiger partial charge in [0.2, 0.25) is 5.75 Å². The molecule has 0 bridgehead atoms. The Morgan fingerprint density at radius 3 is 2.37 bits per heavy atom. The van der Waals surface area contributed by atoms with Crippen LogP contribution in [0, 0.1) is 10.1 Å². The Labute approximate surface area is 185 Å². The second-order valence-corrected chi connectivity index (χ2v) is 6.48. The van der Waals surface area contributed by atoms with Gasteiger partial charge in [0.15, 0.2) is 11.5 Å². The smallest absolute Gasteiger partial charge is 0.315 e. The van der Waals surface area contributed by atoms with E-state index in [2.05, 4.69) is 4.90 Å². The molecule has 1 heterocycles. The van der Waals surface area contributed by atoms with Crippen LogP contribution in [-0.2, 0) is 0 Å². The largest absolute Gasteiger partial charge is 0.504 e. The van der Waals surface area contributed by atoms with Crippen molar-refractivity contribution in [2.24, 2.45) is 0 Å². The zero-order valence-corrected chi connectivity index (χ0v) is 17.8. The average molecular weight is 460 g/mol. The minimum atomic E-state index is -0.841. The van der Waals surface area contributed by atoms with Crippen LogP contribution in [0.4, 0.5) is 11.4 Å². The van der Waals surface area contributed by atoms with Gasteiger partial charge in [-0.25, -0.2) is 0 Å². The zero-order valence-electron chi connectivity index (χ0n) is 16.2. The molecule has 1 aliphatic heterocycles. The van der Waals surface area contributed by atoms with E-state index in [1.165, 1.54) is 0 Å². The first-order valence-electron chi connectivity index (χ1n) is 8.74. The number of anilines is 1. The molecule has 0 spiro atoms. The molecule has 0 aromatic heterocycles. The van der Waals surface area contributed by atoms with Crippen LogP contribution in [0.1, 0.15) is 10.4 Å². The second-order valence-electron chi connectivity index (χ2n) is 6.48. The van der Waals surface area contributed by atoms with Gasteiger partial charge in [-0.1, -0.05) is 12.1 Å². The topological polar surface area (TPSA) is 116 Å². The Balaban J connectivity index is 0.00000225. The SMILES string of the molecule is COc1ccccc1N1CCN(CC(=O)c2cc(O)c(O)c([N+](=O)[O-])c2)CC1.Cl.Cl. The van der Waals surface area contributed by atoms with Crippen LogP contribution >= 0.6 is 24.8 Å². The maximum absolute atomic E-state index is 12.5. The summed E-state index contributed by atoms with van der Waals surface area (Å²) < 4.78 is 5.39. The first kappa shape index (κ1) is 25.3. The first-order valence-corrected chi connectivity index (χ1v) is 8.74. The molecule has 1 saturated heterocycles. The van der Waals surface area contributed by atoms with Gasteiger partial charge in [0.1, 0.15) is 5.75 Å². The lowest BCUT2D eigenvalue weighted by Gasteiger charge is -2.36. The van der Waals surface area contributed by atoms with Crippen molar-refractivity contribution in [1.82, 2.24) is 4.90 Å². The summed E-state index contributed by atoms with van der Waals surface area (Å²) in [6.45, 7) is 2.75. The number of hydrogen-bond donors (Lipinski definition) is 2. The highest BCUT2D eigenvalue weighted by molar-refractivity contribution is 5.99. The van der Waals surface area contributed by atoms with Crippen LogP contribution in [0.15, 0.2) is 36.4 Å². The Morgan fingerprint density at radius 1 is 1.13 bits per heavy atom. The molecule has 2 aromatic rings. The van der Waals surface area contributed by atoms with Crippen LogP contribution in [0.25, 0.3) is 0 Å². The monoisotopic (exact) mass is 459 g/mol. The first-order chi connectivity index (χ1) is 13.4. The Morgan fingerprint density at radius 2 is 1.77 bits per heavy atom. The third-order valence-electron chi connectivity index (χ3n) is 4.75. The van der Waals surface area contributed by atoms with Gasteiger partial charge in [-0.2, -0.15) is 0 Å². The number of Topliss-reactive ketones (excluding diaryl/α,β-unsaturated/α-hetero) is 1. The third kappa shape index (κ3) is 5.44. The van der Waals surface area contributed by atoms with Crippen LogP contribution in [0.2, 0.25) is 0 Å². The third-order valence-corrected chi connectivity index (χ3v) is 4.75. The predicted molar refractivity (Wildman–Crippen MR) is 117 cm³/mol. The second kappa shape index (κ2) is 10.9. The molecule has 1 fully saturated rings. The van der Waals surface area contributed by atoms with Gasteiger partial charge < -0.3 is 19.8 Å². The van der Waals surface area contributed by atoms with Crippen LogP contribution in [-0.4, -0.2) is 65.7 Å². The van der Waals surface area contributed by atoms with Crippen molar-refractivity contribution in [3.8, 4) is 17.2 Å². The summed E-state index contributed by atoms with van der Waals surface area (Å²) >= 11 is 0. The fraction of sp³-hybridized carbons (Fsp3) is 0.316. The van der Waals surface area contributed by atoms with E-state index in [1.807, 2.05) is 29.2 Å². The number of nitro benzene ring substituents is 1. The van der Waals surface area contributed by atoms with Gasteiger partial charge in [-0.15, -0.1) is 24.8 Å². The van der Waals surface area contributed by atoms with E-state index in [1.54, 1.807) is 7.11 Å². The Kier molecular flexibility index (Phi) is 9.16. The van der Waals surface area contributed by atoms with Gasteiger partial charge in [-0.3, -0.25) is 19.8 Å². The molecule has 0 atom stereocenters. The molecular weight excluding hydrogens is 437 g/mol. The molecular formula is C19H23Cl2N3O6. The van der Waals surface area contributed by atoms with Gasteiger partial charge >= 0.3 is 5.69 Å². The standard InChI is InChI=1S/C19H21N3O6.2ClH/c1-28-18-5-3-2-4-14(18)21-8-6-20(7-9-21)12-17(24)13-10-15(22(26)27)19(25)16(23)11-13;;/h2-5,10-11,23,25H,6-9,12H2,1H3;2*1H. The molecule has 0 radical (unpaired) electrons. The summed E-state index contributed by atoms with van der Waals surface area (Å²) in [6, 6.07) is 9.77. The van der Waals surface area contributed by atoms with Gasteiger partial charge in [-0.05, 0) is 18.2 Å². The summed E-state index contributed by atoms with van der Waals surface area (Å²) in [4.78, 5) is 26.8. The van der Waals surface area contributed by atoms with Crippen molar-refractivity contribution in [2.45, 2.75) is 0 Å². The van der Waals surface area contributed by atoms with E-state index < -0.39 is 22.1 Å². The summed E-state index contributed by atoms with van der Waals surface area (Å²) in [5.41, 5.74) is 0.300. The molecule has 9 nitrogen and oxygen atoms in total. The minimum Gasteiger partial charge on any atom is -0.504 e. The van der Waals surface area contributed by atoms with Crippen molar-refractivity contribution in [3.63, 3.8) is 0 Å². The number of carbonyl (C=O) groups excluding carboxylic acids is 1. The summed E-state index contributed by atoms with van der Waals surface area (Å²) in [6.07, 6.45) is 0. The normalized spacial score (nSPS) is 13.7. The molecule has 2 N–H and O–H groups in total. The lowest BCUT2D eigenvalue weighted by Crippen LogP contribution is -2.48. The van der Waals surface area contributed by atoms with Gasteiger partial charge in [0, 0.05) is 37.8 Å². The van der Waals surface area contributed by atoms with Crippen molar-refractivity contribution >= 4 is 42.0 Å². The van der Waals surface area contributed by atoms with Crippen LogP contribution in [0.3, 0.4) is 0 Å². The number of hydrogen-bond acceptors (Lipinski definition) is 8. The fourth-order valence-corrected chi connectivity index (χ4v) is 3.24. The summed E-state index contributed by atoms with van der Waals surface area (Å²) in [5.74, 6) is -1.09. The van der Waals surface area contributed by atoms with E-state index in [0.29, 0.717) is 26.2 Å². The Bertz CT molecular complexity index is 904. The van der Waals surface area contributed by atoms with Gasteiger partial charge in [0.05, 0.1) is 24.3 Å². The number of methoxy groups -OCH3 is 1. The molecule has 0 unspecified atom stereocenters. The number of nitrogens with zero attached hydrogens (tertiary/aromatic N) is 3. The number of carbonyl (C=O) groups is 1. The molecule has 164 valence electrons. The Hall–Kier alpha value is -2.75. The maximum Gasteiger partial charge on any atom is 0.315 e. The number of phenolic OH excluding ortho intramolecular Hbond substituents is 2. The molecule has 3 rings (SSSR count). The zero-order chi connectivity index (χ0) is 20.3. The van der Waals surface area contributed by atoms with Crippen molar-refractivity contribution in [1.29, 1.82) is 0 Å². The number of ether oxygens (including phenoxy) is 1. The van der Waals surface area contributed by atoms with E-state index in [4.69, 9.17) is 4.74 Å². The highest BCUT2D eigenvalue weighted by atomic mass is 35.5. The van der Waals surface area contributed by atoms with E-state index >= 15 is 0 Å². The van der Waals surface area contributed by atoms with E-state index in [-0.39, 0.29) is 42.7 Å². The quantitative estimate of drug-likeness (QED) is 0.293. The van der Waals surface area contributed by atoms with Crippen LogP contribution in [0.5, 0.6) is 17.2 Å². The number of rotatable bonds is 6. The highest BCUT2D eigenvalue weighted by Gasteiger charge is 2.25. The summed E-state index contributed by atoms with van der Waals surface area (Å²) in [5, 5.41) is 30.2. The van der Waals surface area contributed by atoms with Crippen molar-refractivity contribution < 1.29 is 24.7 Å². The molecule has 11 heteroatoms. The average Bonchev–Trinajstić information content (AvgIpc) is 2.70. The van der Waals surface area contributed by atoms with Gasteiger partial charge in [0.25, 0.3) is 0 Å². The van der Waals surface area contributed by atoms with Crippen molar-refractivity contribution in [3.05, 3.63) is 52.1 Å². The number of halogens is 2. The number of benzene rings is 2. The number of phenols is 2. The van der Waals surface area contributed by atoms with Crippen LogP contribution < -0.4 is 9.64 Å². The molecule has 30 heavy (non-hydrogen) atoms. The lowest BCUT2D eigenvalue weighted by molar-refractivity contribution is -0.386. The maximum atomic E-state index is 12.5. The minimum absolute atomic E-state index is 0. The summed E-state index contributed by atoms with van der Waals surface area (Å²) in [7, 11) is 1.63. The number of ketones is 1. The lowest BCUT2D eigenvalue weighted by atomic mass is 10.1. The number of aromatic hydroxyl groups is 2. The molecule has 0 saturated carbocycles. The van der Waals surface area contributed by atoms with Crippen molar-refractivity contribution in [2.75, 3.05) is 44.7 Å². The molecule has 0 amide bonds. The molecule has 1 aliphatic rings. The molecule has 0 aliphatic carbocycles. The highest BCUT2D eigenvalue weighted by Crippen LogP contribution is 2.36. The number of piperazine rings is 1. The molecule has 2 aromatic carbocycles.